The highest BCUT2D eigenvalue weighted by Gasteiger charge is 2.17. The van der Waals surface area contributed by atoms with Gasteiger partial charge in [-0.3, -0.25) is 14.2 Å². The first-order chi connectivity index (χ1) is 14.4. The van der Waals surface area contributed by atoms with E-state index in [1.165, 1.54) is 16.3 Å². The third-order valence-corrected chi connectivity index (χ3v) is 6.15. The van der Waals surface area contributed by atoms with Crippen molar-refractivity contribution in [2.75, 3.05) is 18.8 Å². The smallest absolute Gasteiger partial charge is 0.288 e. The van der Waals surface area contributed by atoms with Gasteiger partial charge in [-0.1, -0.05) is 35.7 Å². The number of amides is 1. The molecule has 0 fully saturated rings. The van der Waals surface area contributed by atoms with Crippen LogP contribution in [0, 0.1) is 0 Å². The number of halogens is 2. The van der Waals surface area contributed by atoms with Crippen molar-refractivity contribution in [1.82, 2.24) is 14.5 Å². The van der Waals surface area contributed by atoms with E-state index < -0.39 is 5.76 Å². The number of nitrogens with zero attached hydrogens (tertiary/aromatic N) is 3. The number of para-hydroxylation sites is 1. The molecule has 0 bridgehead atoms. The summed E-state index contributed by atoms with van der Waals surface area (Å²) in [4.78, 5) is 32.3. The summed E-state index contributed by atoms with van der Waals surface area (Å²) in [5.41, 5.74) is 0.781. The second kappa shape index (κ2) is 10.1. The molecular weight excluding hydrogens is 428 g/mol. The highest BCUT2D eigenvalue weighted by molar-refractivity contribution is 8.00. The number of benzene rings is 2. The molecule has 3 aromatic rings. The molecule has 0 unspecified atom stereocenters. The highest BCUT2D eigenvalue weighted by Crippen LogP contribution is 2.27. The van der Waals surface area contributed by atoms with E-state index in [-0.39, 0.29) is 17.2 Å². The first-order valence-corrected chi connectivity index (χ1v) is 11.3. The Balaban J connectivity index is 2.03. The van der Waals surface area contributed by atoms with Crippen molar-refractivity contribution in [3.8, 4) is 5.69 Å². The van der Waals surface area contributed by atoms with Gasteiger partial charge in [-0.25, -0.2) is 4.98 Å². The molecular formula is C21H21F2N3O2S2. The lowest BCUT2D eigenvalue weighted by molar-refractivity contribution is -0.127. The van der Waals surface area contributed by atoms with Crippen LogP contribution >= 0.6 is 23.5 Å². The van der Waals surface area contributed by atoms with E-state index in [4.69, 9.17) is 0 Å². The normalized spacial score (nSPS) is 11.2. The van der Waals surface area contributed by atoms with Crippen LogP contribution in [0.25, 0.3) is 16.6 Å². The third kappa shape index (κ3) is 5.02. The van der Waals surface area contributed by atoms with Crippen LogP contribution in [0.5, 0.6) is 0 Å². The lowest BCUT2D eigenvalue weighted by atomic mass is 10.2. The Hall–Kier alpha value is -2.39. The second-order valence-corrected chi connectivity index (χ2v) is 8.29. The van der Waals surface area contributed by atoms with Crippen molar-refractivity contribution >= 4 is 40.3 Å². The van der Waals surface area contributed by atoms with Gasteiger partial charge in [0.25, 0.3) is 11.3 Å². The van der Waals surface area contributed by atoms with Gasteiger partial charge in [0.05, 0.1) is 22.3 Å². The molecule has 0 saturated heterocycles. The van der Waals surface area contributed by atoms with Gasteiger partial charge in [-0.05, 0) is 50.2 Å². The van der Waals surface area contributed by atoms with Gasteiger partial charge in [0.1, 0.15) is 0 Å². The number of carbonyl (C=O) groups excluding carboxylic acids is 1. The summed E-state index contributed by atoms with van der Waals surface area (Å²) in [6, 6.07) is 13.3. The molecule has 158 valence electrons. The van der Waals surface area contributed by atoms with Gasteiger partial charge in [0.15, 0.2) is 5.16 Å². The lowest BCUT2D eigenvalue weighted by Crippen LogP contribution is -2.32. The molecule has 9 heteroatoms. The van der Waals surface area contributed by atoms with Crippen molar-refractivity contribution in [1.29, 1.82) is 0 Å². The zero-order valence-corrected chi connectivity index (χ0v) is 18.2. The Bertz CT molecular complexity index is 1080. The first-order valence-electron chi connectivity index (χ1n) is 9.42. The van der Waals surface area contributed by atoms with Crippen LogP contribution in [0.1, 0.15) is 13.8 Å². The van der Waals surface area contributed by atoms with Crippen molar-refractivity contribution in [3.05, 3.63) is 58.9 Å². The maximum Gasteiger partial charge on any atom is 0.288 e. The predicted molar refractivity (Wildman–Crippen MR) is 118 cm³/mol. The van der Waals surface area contributed by atoms with Gasteiger partial charge in [-0.2, -0.15) is 8.78 Å². The number of fused-ring (bicyclic) bond motifs is 1. The van der Waals surface area contributed by atoms with E-state index in [1.54, 1.807) is 53.4 Å². The fraction of sp³-hybridized carbons (Fsp3) is 0.286. The summed E-state index contributed by atoms with van der Waals surface area (Å²) >= 11 is 1.63. The summed E-state index contributed by atoms with van der Waals surface area (Å²) in [5.74, 6) is -2.41. The minimum absolute atomic E-state index is 0.0392. The summed E-state index contributed by atoms with van der Waals surface area (Å²) in [6.45, 7) is 5.04. The molecule has 2 aromatic carbocycles. The van der Waals surface area contributed by atoms with Crippen LogP contribution < -0.4 is 5.56 Å². The van der Waals surface area contributed by atoms with Crippen molar-refractivity contribution < 1.29 is 13.6 Å². The molecule has 30 heavy (non-hydrogen) atoms. The molecule has 1 aromatic heterocycles. The van der Waals surface area contributed by atoms with Crippen LogP contribution in [0.2, 0.25) is 0 Å². The Morgan fingerprint density at radius 1 is 1.10 bits per heavy atom. The standard InChI is InChI=1S/C21H21F2N3O2S2/c1-3-25(4-2)18(27)13-29-21-24-17-8-6-5-7-16(17)19(28)26(21)14-9-11-15(12-10-14)30-20(22)23/h5-12,20H,3-4,13H2,1-2H3. The maximum absolute atomic E-state index is 13.2. The summed E-state index contributed by atoms with van der Waals surface area (Å²) in [5, 5.41) is 0.830. The molecule has 0 atom stereocenters. The Morgan fingerprint density at radius 3 is 2.40 bits per heavy atom. The molecule has 0 spiro atoms. The van der Waals surface area contributed by atoms with Crippen LogP contribution in [0.15, 0.2) is 63.4 Å². The van der Waals surface area contributed by atoms with E-state index in [1.807, 2.05) is 13.8 Å². The number of hydrogen-bond donors (Lipinski definition) is 0. The zero-order valence-electron chi connectivity index (χ0n) is 16.5. The molecule has 0 aliphatic carbocycles. The molecule has 0 aliphatic heterocycles. The largest absolute Gasteiger partial charge is 0.343 e. The highest BCUT2D eigenvalue weighted by atomic mass is 32.2. The topological polar surface area (TPSA) is 55.2 Å². The number of hydrogen-bond acceptors (Lipinski definition) is 5. The van der Waals surface area contributed by atoms with E-state index in [9.17, 15) is 18.4 Å². The number of carbonyl (C=O) groups is 1. The predicted octanol–water partition coefficient (Wildman–Crippen LogP) is 4.66. The molecule has 0 aliphatic rings. The van der Waals surface area contributed by atoms with E-state index in [0.717, 1.165) is 0 Å². The van der Waals surface area contributed by atoms with Crippen LogP contribution in [0.3, 0.4) is 0 Å². The first kappa shape index (κ1) is 22.3. The Kier molecular flexibility index (Phi) is 7.49. The molecule has 0 saturated carbocycles. The average molecular weight is 450 g/mol. The Labute approximate surface area is 181 Å². The number of rotatable bonds is 8. The number of thioether (sulfide) groups is 2. The lowest BCUT2D eigenvalue weighted by Gasteiger charge is -2.19. The maximum atomic E-state index is 13.2. The van der Waals surface area contributed by atoms with E-state index in [0.29, 0.717) is 51.5 Å². The minimum Gasteiger partial charge on any atom is -0.343 e. The number of alkyl halides is 2. The average Bonchev–Trinajstić information content (AvgIpc) is 2.74. The molecule has 0 radical (unpaired) electrons. The minimum atomic E-state index is -2.52. The summed E-state index contributed by atoms with van der Waals surface area (Å²) in [7, 11) is 0. The summed E-state index contributed by atoms with van der Waals surface area (Å²) < 4.78 is 26.6. The van der Waals surface area contributed by atoms with Gasteiger partial charge < -0.3 is 4.90 Å². The van der Waals surface area contributed by atoms with E-state index >= 15 is 0 Å². The molecule has 1 amide bonds. The Morgan fingerprint density at radius 2 is 1.77 bits per heavy atom. The fourth-order valence-electron chi connectivity index (χ4n) is 3.01. The van der Waals surface area contributed by atoms with E-state index in [2.05, 4.69) is 4.98 Å². The van der Waals surface area contributed by atoms with Crippen molar-refractivity contribution in [3.63, 3.8) is 0 Å². The molecule has 1 heterocycles. The molecule has 3 rings (SSSR count). The second-order valence-electron chi connectivity index (χ2n) is 6.28. The zero-order chi connectivity index (χ0) is 21.7. The van der Waals surface area contributed by atoms with Gasteiger partial charge in [0.2, 0.25) is 5.91 Å². The van der Waals surface area contributed by atoms with Gasteiger partial charge in [0, 0.05) is 18.0 Å². The van der Waals surface area contributed by atoms with Crippen molar-refractivity contribution in [2.24, 2.45) is 0 Å². The summed E-state index contributed by atoms with van der Waals surface area (Å²) in [6.07, 6.45) is 0. The monoisotopic (exact) mass is 449 g/mol. The van der Waals surface area contributed by atoms with Crippen LogP contribution in [-0.2, 0) is 4.79 Å². The third-order valence-electron chi connectivity index (χ3n) is 4.51. The van der Waals surface area contributed by atoms with Gasteiger partial charge >= 0.3 is 0 Å². The quantitative estimate of drug-likeness (QED) is 0.370. The fourth-order valence-corrected chi connectivity index (χ4v) is 4.42. The van der Waals surface area contributed by atoms with Crippen molar-refractivity contribution in [2.45, 2.75) is 29.7 Å². The van der Waals surface area contributed by atoms with Gasteiger partial charge in [-0.15, -0.1) is 0 Å². The van der Waals surface area contributed by atoms with Crippen LogP contribution in [-0.4, -0.2) is 45.0 Å². The molecule has 0 N–H and O–H groups in total. The molecule has 5 nitrogen and oxygen atoms in total. The SMILES string of the molecule is CCN(CC)C(=O)CSc1nc2ccccc2c(=O)n1-c1ccc(SC(F)F)cc1. The number of aromatic nitrogens is 2. The van der Waals surface area contributed by atoms with Crippen LogP contribution in [0.4, 0.5) is 8.78 Å².